The molecule has 4 heteroatoms. The molecule has 0 saturated carbocycles. The fraction of sp³-hybridized carbons (Fsp3) is 1.00. The van der Waals surface area contributed by atoms with Crippen LogP contribution in [0.15, 0.2) is 0 Å². The second-order valence-electron chi connectivity index (χ2n) is 5.05. The van der Waals surface area contributed by atoms with Gasteiger partial charge in [-0.05, 0) is 78.0 Å². The molecule has 0 aliphatic heterocycles. The van der Waals surface area contributed by atoms with Gasteiger partial charge in [0.15, 0.2) is 0 Å². The van der Waals surface area contributed by atoms with Crippen LogP contribution in [0.1, 0.15) is 53.4 Å². The van der Waals surface area contributed by atoms with E-state index in [1.807, 2.05) is 0 Å². The Balaban J connectivity index is 0. The van der Waals surface area contributed by atoms with E-state index in [1.54, 1.807) is 0 Å². The maximum Gasteiger partial charge on any atom is -0.00185 e. The number of rotatable bonds is 12. The van der Waals surface area contributed by atoms with Crippen LogP contribution in [0.2, 0.25) is 0 Å². The fourth-order valence-corrected chi connectivity index (χ4v) is 2.04. The highest BCUT2D eigenvalue weighted by Crippen LogP contribution is 1.93. The Labute approximate surface area is 127 Å². The summed E-state index contributed by atoms with van der Waals surface area (Å²) >= 11 is 0. The van der Waals surface area contributed by atoms with Crippen LogP contribution in [0.4, 0.5) is 0 Å². The van der Waals surface area contributed by atoms with E-state index in [-0.39, 0.29) is 0 Å². The van der Waals surface area contributed by atoms with Crippen molar-refractivity contribution in [1.82, 2.24) is 9.80 Å². The van der Waals surface area contributed by atoms with Crippen LogP contribution < -0.4 is 11.5 Å². The standard InChI is InChI=1S/2C8H20N2/c2*1-3-10(4-2)8-6-5-7-9/h2*3-9H2,1-2H3. The topological polar surface area (TPSA) is 58.5 Å². The first kappa shape index (κ1) is 22.1. The first-order chi connectivity index (χ1) is 9.69. The summed E-state index contributed by atoms with van der Waals surface area (Å²) in [4.78, 5) is 4.85. The summed E-state index contributed by atoms with van der Waals surface area (Å²) in [6.45, 7) is 17.6. The Bertz CT molecular complexity index is 139. The molecule has 20 heavy (non-hydrogen) atoms. The summed E-state index contributed by atoms with van der Waals surface area (Å²) in [5, 5.41) is 0. The monoisotopic (exact) mass is 288 g/mol. The van der Waals surface area contributed by atoms with E-state index in [0.29, 0.717) is 0 Å². The zero-order chi connectivity index (χ0) is 15.6. The summed E-state index contributed by atoms with van der Waals surface area (Å²) in [6.07, 6.45) is 4.82. The summed E-state index contributed by atoms with van der Waals surface area (Å²) in [6, 6.07) is 0. The van der Waals surface area contributed by atoms with Gasteiger partial charge in [0.25, 0.3) is 0 Å². The average Bonchev–Trinajstić information content (AvgIpc) is 2.49. The van der Waals surface area contributed by atoms with Crippen molar-refractivity contribution < 1.29 is 0 Å². The fourth-order valence-electron chi connectivity index (χ4n) is 2.04. The van der Waals surface area contributed by atoms with Crippen molar-refractivity contribution in [2.75, 3.05) is 52.4 Å². The average molecular weight is 289 g/mol. The highest BCUT2D eigenvalue weighted by atomic mass is 15.1. The van der Waals surface area contributed by atoms with Gasteiger partial charge in [-0.15, -0.1) is 0 Å². The Morgan fingerprint density at radius 3 is 1.05 bits per heavy atom. The minimum absolute atomic E-state index is 0.835. The van der Waals surface area contributed by atoms with E-state index in [0.717, 1.165) is 25.9 Å². The lowest BCUT2D eigenvalue weighted by molar-refractivity contribution is 0.297. The Morgan fingerprint density at radius 2 is 0.850 bits per heavy atom. The Kier molecular flexibility index (Phi) is 20.8. The molecule has 0 unspecified atom stereocenters. The largest absolute Gasteiger partial charge is 0.330 e. The molecular weight excluding hydrogens is 248 g/mol. The maximum absolute atomic E-state index is 5.38. The Morgan fingerprint density at radius 1 is 0.550 bits per heavy atom. The molecule has 0 atom stereocenters. The van der Waals surface area contributed by atoms with E-state index >= 15 is 0 Å². The number of unbranched alkanes of at least 4 members (excludes halogenated alkanes) is 2. The second-order valence-corrected chi connectivity index (χ2v) is 5.05. The van der Waals surface area contributed by atoms with Gasteiger partial charge in [-0.25, -0.2) is 0 Å². The normalized spacial score (nSPS) is 10.8. The molecule has 0 rings (SSSR count). The molecule has 0 bridgehead atoms. The minimum atomic E-state index is 0.835. The minimum Gasteiger partial charge on any atom is -0.330 e. The van der Waals surface area contributed by atoms with Gasteiger partial charge in [0, 0.05) is 0 Å². The Hall–Kier alpha value is -0.160. The van der Waals surface area contributed by atoms with Crippen molar-refractivity contribution in [2.24, 2.45) is 11.5 Å². The zero-order valence-electron chi connectivity index (χ0n) is 14.5. The third-order valence-electron chi connectivity index (χ3n) is 3.65. The number of nitrogens with zero attached hydrogens (tertiary/aromatic N) is 2. The first-order valence-electron chi connectivity index (χ1n) is 8.54. The van der Waals surface area contributed by atoms with E-state index in [4.69, 9.17) is 11.5 Å². The van der Waals surface area contributed by atoms with Crippen molar-refractivity contribution in [3.63, 3.8) is 0 Å². The van der Waals surface area contributed by atoms with Crippen LogP contribution in [0.25, 0.3) is 0 Å². The highest BCUT2D eigenvalue weighted by Gasteiger charge is 1.96. The molecule has 0 heterocycles. The summed E-state index contributed by atoms with van der Waals surface area (Å²) in [7, 11) is 0. The molecule has 0 aromatic rings. The number of hydrogen-bond donors (Lipinski definition) is 2. The number of hydrogen-bond acceptors (Lipinski definition) is 4. The van der Waals surface area contributed by atoms with Gasteiger partial charge in [-0.1, -0.05) is 27.7 Å². The van der Waals surface area contributed by atoms with E-state index in [1.165, 1.54) is 52.1 Å². The van der Waals surface area contributed by atoms with Crippen LogP contribution in [-0.4, -0.2) is 62.2 Å². The molecule has 0 amide bonds. The van der Waals surface area contributed by atoms with Crippen LogP contribution in [0, 0.1) is 0 Å². The van der Waals surface area contributed by atoms with Crippen molar-refractivity contribution >= 4 is 0 Å². The van der Waals surface area contributed by atoms with E-state index in [2.05, 4.69) is 37.5 Å². The van der Waals surface area contributed by atoms with Crippen LogP contribution in [0.3, 0.4) is 0 Å². The molecule has 0 aromatic heterocycles. The predicted molar refractivity (Wildman–Crippen MR) is 92.2 cm³/mol. The summed E-state index contributed by atoms with van der Waals surface area (Å²) in [5.41, 5.74) is 10.8. The third-order valence-corrected chi connectivity index (χ3v) is 3.65. The molecule has 4 N–H and O–H groups in total. The van der Waals surface area contributed by atoms with Crippen LogP contribution in [0.5, 0.6) is 0 Å². The lowest BCUT2D eigenvalue weighted by Gasteiger charge is -2.16. The SMILES string of the molecule is CCN(CC)CCCCN.CCN(CC)CCCCN. The lowest BCUT2D eigenvalue weighted by atomic mass is 10.3. The van der Waals surface area contributed by atoms with E-state index in [9.17, 15) is 0 Å². The van der Waals surface area contributed by atoms with Gasteiger partial charge in [-0.2, -0.15) is 0 Å². The van der Waals surface area contributed by atoms with Gasteiger partial charge in [0.05, 0.1) is 0 Å². The van der Waals surface area contributed by atoms with Gasteiger partial charge < -0.3 is 21.3 Å². The molecule has 0 aliphatic rings. The van der Waals surface area contributed by atoms with Crippen molar-refractivity contribution in [2.45, 2.75) is 53.4 Å². The highest BCUT2D eigenvalue weighted by molar-refractivity contribution is 4.52. The van der Waals surface area contributed by atoms with Gasteiger partial charge in [0.2, 0.25) is 0 Å². The van der Waals surface area contributed by atoms with Crippen molar-refractivity contribution in [1.29, 1.82) is 0 Å². The second kappa shape index (κ2) is 18.8. The molecule has 0 radical (unpaired) electrons. The van der Waals surface area contributed by atoms with E-state index < -0.39 is 0 Å². The first-order valence-corrected chi connectivity index (χ1v) is 8.54. The zero-order valence-corrected chi connectivity index (χ0v) is 14.5. The van der Waals surface area contributed by atoms with Crippen molar-refractivity contribution in [3.8, 4) is 0 Å². The van der Waals surface area contributed by atoms with Gasteiger partial charge >= 0.3 is 0 Å². The molecule has 0 aliphatic carbocycles. The molecule has 0 saturated heterocycles. The molecular formula is C16H40N4. The quantitative estimate of drug-likeness (QED) is 0.540. The van der Waals surface area contributed by atoms with Gasteiger partial charge in [-0.3, -0.25) is 0 Å². The maximum atomic E-state index is 5.38. The van der Waals surface area contributed by atoms with Crippen molar-refractivity contribution in [3.05, 3.63) is 0 Å². The van der Waals surface area contributed by atoms with Crippen LogP contribution >= 0.6 is 0 Å². The predicted octanol–water partition coefficient (Wildman–Crippen LogP) is 2.13. The summed E-state index contributed by atoms with van der Waals surface area (Å²) < 4.78 is 0. The molecule has 124 valence electrons. The molecule has 0 spiro atoms. The lowest BCUT2D eigenvalue weighted by Crippen LogP contribution is -2.24. The van der Waals surface area contributed by atoms with Gasteiger partial charge in [0.1, 0.15) is 0 Å². The third kappa shape index (κ3) is 15.9. The molecule has 4 nitrogen and oxygen atoms in total. The molecule has 0 fully saturated rings. The summed E-state index contributed by atoms with van der Waals surface area (Å²) in [5.74, 6) is 0. The number of nitrogens with two attached hydrogens (primary N) is 2. The smallest absolute Gasteiger partial charge is 0.00185 e. The molecule has 0 aromatic carbocycles. The van der Waals surface area contributed by atoms with Crippen LogP contribution in [-0.2, 0) is 0 Å².